The molecule has 7 nitrogen and oxygen atoms in total. The van der Waals surface area contributed by atoms with Gasteiger partial charge in [-0.3, -0.25) is 9.79 Å². The lowest BCUT2D eigenvalue weighted by Gasteiger charge is -2.16. The summed E-state index contributed by atoms with van der Waals surface area (Å²) in [7, 11) is 1.33. The number of halogens is 3. The average Bonchev–Trinajstić information content (AvgIpc) is 3.11. The van der Waals surface area contributed by atoms with E-state index in [9.17, 15) is 18.0 Å². The smallest absolute Gasteiger partial charge is 0.420 e. The zero-order chi connectivity index (χ0) is 23.3. The van der Waals surface area contributed by atoms with Crippen molar-refractivity contribution in [2.45, 2.75) is 6.18 Å². The number of benzene rings is 2. The van der Waals surface area contributed by atoms with E-state index in [-0.39, 0.29) is 36.1 Å². The maximum Gasteiger partial charge on any atom is 0.420 e. The molecule has 2 N–H and O–H groups in total. The van der Waals surface area contributed by atoms with E-state index in [0.29, 0.717) is 21.7 Å². The van der Waals surface area contributed by atoms with Gasteiger partial charge in [0.2, 0.25) is 0 Å². The van der Waals surface area contributed by atoms with Crippen LogP contribution in [0.15, 0.2) is 46.3 Å². The number of methoxy groups -OCH3 is 1. The molecule has 1 saturated heterocycles. The van der Waals surface area contributed by atoms with Gasteiger partial charge in [0.15, 0.2) is 16.7 Å². The monoisotopic (exact) mass is 463 g/mol. The largest absolute Gasteiger partial charge is 0.493 e. The maximum absolute atomic E-state index is 13.4. The SMILES string of the molecule is COc1cc(/C=C2/SC(=NCCO)NC2=O)ccc1Oc1ccc(C#N)cc1C(F)(F)F. The number of amides is 1. The van der Waals surface area contributed by atoms with Gasteiger partial charge in [0.1, 0.15) is 5.75 Å². The van der Waals surface area contributed by atoms with Gasteiger partial charge in [-0.25, -0.2) is 0 Å². The molecule has 2 aromatic carbocycles. The minimum Gasteiger partial charge on any atom is -0.493 e. The lowest BCUT2D eigenvalue weighted by molar-refractivity contribution is -0.138. The van der Waals surface area contributed by atoms with Gasteiger partial charge < -0.3 is 19.9 Å². The Morgan fingerprint density at radius 1 is 1.22 bits per heavy atom. The Kier molecular flexibility index (Phi) is 7.07. The Morgan fingerprint density at radius 2 is 1.97 bits per heavy atom. The Morgan fingerprint density at radius 3 is 2.62 bits per heavy atom. The Hall–Kier alpha value is -3.49. The summed E-state index contributed by atoms with van der Waals surface area (Å²) in [5.41, 5.74) is -0.683. The molecule has 2 aromatic rings. The predicted molar refractivity (Wildman–Crippen MR) is 112 cm³/mol. The fraction of sp³-hybridized carbons (Fsp3) is 0.190. The molecule has 1 amide bonds. The van der Waals surface area contributed by atoms with Crippen LogP contribution in [0.25, 0.3) is 6.08 Å². The molecule has 0 spiro atoms. The summed E-state index contributed by atoms with van der Waals surface area (Å²) < 4.78 is 50.9. The van der Waals surface area contributed by atoms with E-state index in [1.54, 1.807) is 18.2 Å². The topological polar surface area (TPSA) is 104 Å². The van der Waals surface area contributed by atoms with Crippen LogP contribution in [0, 0.1) is 11.3 Å². The van der Waals surface area contributed by atoms with Crippen LogP contribution >= 0.6 is 11.8 Å². The number of nitrogens with zero attached hydrogens (tertiary/aromatic N) is 2. The molecule has 0 aromatic heterocycles. The fourth-order valence-corrected chi connectivity index (χ4v) is 3.54. The number of aliphatic hydroxyl groups is 1. The fourth-order valence-electron chi connectivity index (χ4n) is 2.69. The van der Waals surface area contributed by atoms with E-state index in [1.165, 1.54) is 25.3 Å². The highest BCUT2D eigenvalue weighted by molar-refractivity contribution is 8.18. The molecular formula is C21H16F3N3O4S. The van der Waals surface area contributed by atoms with Crippen molar-refractivity contribution in [3.63, 3.8) is 0 Å². The number of nitrogens with one attached hydrogen (secondary N) is 1. The maximum atomic E-state index is 13.4. The number of nitriles is 1. The minimum atomic E-state index is -4.72. The first kappa shape index (κ1) is 23.2. The number of aliphatic imine (C=N–C) groups is 1. The van der Waals surface area contributed by atoms with Crippen molar-refractivity contribution in [1.29, 1.82) is 5.26 Å². The van der Waals surface area contributed by atoms with Crippen LogP contribution in [-0.4, -0.2) is 36.4 Å². The van der Waals surface area contributed by atoms with E-state index in [1.807, 2.05) is 0 Å². The summed E-state index contributed by atoms with van der Waals surface area (Å²) in [4.78, 5) is 16.4. The van der Waals surface area contributed by atoms with Gasteiger partial charge in [0, 0.05) is 0 Å². The summed E-state index contributed by atoms with van der Waals surface area (Å²) in [5, 5.41) is 20.6. The number of alkyl halides is 3. The number of carbonyl (C=O) groups is 1. The van der Waals surface area contributed by atoms with Crippen molar-refractivity contribution in [2.24, 2.45) is 4.99 Å². The Balaban J connectivity index is 1.89. The van der Waals surface area contributed by atoms with Crippen molar-refractivity contribution in [3.05, 3.63) is 58.0 Å². The van der Waals surface area contributed by atoms with Crippen molar-refractivity contribution in [2.75, 3.05) is 20.3 Å². The van der Waals surface area contributed by atoms with Gasteiger partial charge >= 0.3 is 6.18 Å². The molecule has 1 aliphatic rings. The van der Waals surface area contributed by atoms with E-state index in [2.05, 4.69) is 10.3 Å². The highest BCUT2D eigenvalue weighted by atomic mass is 32.2. The second kappa shape index (κ2) is 9.76. The van der Waals surface area contributed by atoms with Crippen molar-refractivity contribution in [1.82, 2.24) is 5.32 Å². The van der Waals surface area contributed by atoms with E-state index in [0.717, 1.165) is 17.8 Å². The normalized spacial score (nSPS) is 16.2. The molecule has 166 valence electrons. The van der Waals surface area contributed by atoms with Crippen molar-refractivity contribution < 1.29 is 32.5 Å². The van der Waals surface area contributed by atoms with Gasteiger partial charge in [-0.1, -0.05) is 6.07 Å². The molecule has 0 saturated carbocycles. The Labute approximate surface area is 185 Å². The van der Waals surface area contributed by atoms with Crippen molar-refractivity contribution >= 4 is 28.9 Å². The third-order valence-corrected chi connectivity index (χ3v) is 5.07. The number of hydrogen-bond acceptors (Lipinski definition) is 7. The summed E-state index contributed by atoms with van der Waals surface area (Å²) in [6.07, 6.45) is -3.15. The number of carbonyl (C=O) groups excluding carboxylic acids is 1. The average molecular weight is 463 g/mol. The number of rotatable bonds is 6. The van der Waals surface area contributed by atoms with Crippen LogP contribution in [0.5, 0.6) is 17.2 Å². The second-order valence-electron chi connectivity index (χ2n) is 6.31. The first-order valence-electron chi connectivity index (χ1n) is 9.08. The minimum absolute atomic E-state index is 0.0265. The number of amidine groups is 1. The third-order valence-electron chi connectivity index (χ3n) is 4.13. The van der Waals surface area contributed by atoms with Crippen molar-refractivity contribution in [3.8, 4) is 23.3 Å². The van der Waals surface area contributed by atoms with Crippen LogP contribution in [0.4, 0.5) is 13.2 Å². The predicted octanol–water partition coefficient (Wildman–Crippen LogP) is 3.93. The highest BCUT2D eigenvalue weighted by Gasteiger charge is 2.35. The molecule has 1 aliphatic heterocycles. The molecule has 0 atom stereocenters. The van der Waals surface area contributed by atoms with Gasteiger partial charge in [0.05, 0.1) is 42.4 Å². The molecule has 0 bridgehead atoms. The standard InChI is InChI=1S/C21H16F3N3O4S/c1-30-17-9-12(10-18-19(29)27-20(32-18)26-6-7-28)2-5-16(17)31-15-4-3-13(11-25)8-14(15)21(22,23)24/h2-5,8-10,28H,6-7H2,1H3,(H,26,27,29)/b18-10+. The number of ether oxygens (including phenoxy) is 2. The van der Waals surface area contributed by atoms with E-state index in [4.69, 9.17) is 19.8 Å². The summed E-state index contributed by atoms with van der Waals surface area (Å²) in [6.45, 7) is 0.0118. The van der Waals surface area contributed by atoms with Gasteiger partial charge in [0.25, 0.3) is 5.91 Å². The molecule has 0 radical (unpaired) electrons. The van der Waals surface area contributed by atoms with Gasteiger partial charge in [-0.05, 0) is 53.7 Å². The number of hydrogen-bond donors (Lipinski definition) is 2. The molecular weight excluding hydrogens is 447 g/mol. The molecule has 1 fully saturated rings. The van der Waals surface area contributed by atoms with Crippen LogP contribution in [0.3, 0.4) is 0 Å². The van der Waals surface area contributed by atoms with Crippen LogP contribution in [0.2, 0.25) is 0 Å². The highest BCUT2D eigenvalue weighted by Crippen LogP contribution is 2.41. The molecule has 11 heteroatoms. The second-order valence-corrected chi connectivity index (χ2v) is 7.34. The Bertz CT molecular complexity index is 1140. The lowest BCUT2D eigenvalue weighted by Crippen LogP contribution is -2.20. The van der Waals surface area contributed by atoms with Crippen LogP contribution in [-0.2, 0) is 11.0 Å². The quantitative estimate of drug-likeness (QED) is 0.630. The number of thioether (sulfide) groups is 1. The van der Waals surface area contributed by atoms with E-state index < -0.39 is 17.5 Å². The summed E-state index contributed by atoms with van der Waals surface area (Å²) in [6, 6.07) is 9.16. The molecule has 32 heavy (non-hydrogen) atoms. The van der Waals surface area contributed by atoms with Crippen LogP contribution in [0.1, 0.15) is 16.7 Å². The third kappa shape index (κ3) is 5.40. The first-order chi connectivity index (χ1) is 15.2. The zero-order valence-electron chi connectivity index (χ0n) is 16.6. The van der Waals surface area contributed by atoms with Gasteiger partial charge in [-0.15, -0.1) is 0 Å². The van der Waals surface area contributed by atoms with Gasteiger partial charge in [-0.2, -0.15) is 18.4 Å². The zero-order valence-corrected chi connectivity index (χ0v) is 17.4. The van der Waals surface area contributed by atoms with E-state index >= 15 is 0 Å². The summed E-state index contributed by atoms with van der Waals surface area (Å²) in [5.74, 6) is -0.664. The molecule has 1 heterocycles. The number of aliphatic hydroxyl groups excluding tert-OH is 1. The first-order valence-corrected chi connectivity index (χ1v) is 9.90. The molecule has 3 rings (SSSR count). The molecule has 0 aliphatic carbocycles. The molecule has 0 unspecified atom stereocenters. The summed E-state index contributed by atoms with van der Waals surface area (Å²) >= 11 is 1.10. The lowest BCUT2D eigenvalue weighted by atomic mass is 10.1. The van der Waals surface area contributed by atoms with Crippen LogP contribution < -0.4 is 14.8 Å².